The lowest BCUT2D eigenvalue weighted by Gasteiger charge is -2.29. The molecule has 1 atom stereocenters. The molecule has 0 spiro atoms. The number of pyridine rings is 1. The summed E-state index contributed by atoms with van der Waals surface area (Å²) in [5.74, 6) is 0. The Morgan fingerprint density at radius 2 is 2.12 bits per heavy atom. The Morgan fingerprint density at radius 3 is 2.83 bits per heavy atom. The SMILES string of the molecule is CC(C)(C)OC(=O)N1CCCC1c1cc2ccc(Br)cc2nc1Cl. The second kappa shape index (κ2) is 6.52. The third-order valence-electron chi connectivity index (χ3n) is 4.00. The molecule has 24 heavy (non-hydrogen) atoms. The van der Waals surface area contributed by atoms with Crippen molar-refractivity contribution >= 4 is 44.5 Å². The van der Waals surface area contributed by atoms with Gasteiger partial charge >= 0.3 is 6.09 Å². The molecule has 0 bridgehead atoms. The highest BCUT2D eigenvalue weighted by Gasteiger charge is 2.34. The van der Waals surface area contributed by atoms with Crippen LogP contribution in [0.15, 0.2) is 28.7 Å². The molecule has 1 amide bonds. The third kappa shape index (κ3) is 3.67. The highest BCUT2D eigenvalue weighted by atomic mass is 79.9. The van der Waals surface area contributed by atoms with E-state index in [0.717, 1.165) is 33.8 Å². The fourth-order valence-corrected chi connectivity index (χ4v) is 3.62. The van der Waals surface area contributed by atoms with Crippen molar-refractivity contribution in [1.82, 2.24) is 9.88 Å². The molecule has 0 radical (unpaired) electrons. The third-order valence-corrected chi connectivity index (χ3v) is 4.80. The smallest absolute Gasteiger partial charge is 0.410 e. The number of aromatic nitrogens is 1. The summed E-state index contributed by atoms with van der Waals surface area (Å²) in [7, 11) is 0. The van der Waals surface area contributed by atoms with Crippen LogP contribution < -0.4 is 0 Å². The number of likely N-dealkylation sites (tertiary alicyclic amines) is 1. The number of ether oxygens (including phenoxy) is 1. The average molecular weight is 412 g/mol. The van der Waals surface area contributed by atoms with E-state index in [0.29, 0.717) is 11.7 Å². The van der Waals surface area contributed by atoms with Crippen molar-refractivity contribution in [2.75, 3.05) is 6.54 Å². The minimum absolute atomic E-state index is 0.0899. The zero-order valence-electron chi connectivity index (χ0n) is 14.0. The first-order chi connectivity index (χ1) is 11.2. The predicted molar refractivity (Wildman–Crippen MR) is 99.4 cm³/mol. The van der Waals surface area contributed by atoms with Gasteiger partial charge in [-0.2, -0.15) is 0 Å². The van der Waals surface area contributed by atoms with Crippen LogP contribution in [-0.4, -0.2) is 28.1 Å². The first-order valence-electron chi connectivity index (χ1n) is 8.00. The van der Waals surface area contributed by atoms with Crippen LogP contribution in [0.2, 0.25) is 5.15 Å². The van der Waals surface area contributed by atoms with Crippen molar-refractivity contribution < 1.29 is 9.53 Å². The average Bonchev–Trinajstić information content (AvgIpc) is 2.94. The molecule has 1 fully saturated rings. The molecule has 1 saturated heterocycles. The standard InChI is InChI=1S/C18H20BrClN2O2/c1-18(2,3)24-17(23)22-8-4-5-15(22)13-9-11-6-7-12(19)10-14(11)21-16(13)20/h6-7,9-10,15H,4-5,8H2,1-3H3. The zero-order valence-corrected chi connectivity index (χ0v) is 16.3. The highest BCUT2D eigenvalue weighted by Crippen LogP contribution is 2.37. The highest BCUT2D eigenvalue weighted by molar-refractivity contribution is 9.10. The van der Waals surface area contributed by atoms with E-state index in [1.807, 2.05) is 45.0 Å². The molecular formula is C18H20BrClN2O2. The maximum absolute atomic E-state index is 12.5. The molecule has 2 aromatic rings. The molecule has 1 aromatic carbocycles. The minimum Gasteiger partial charge on any atom is -0.444 e. The maximum atomic E-state index is 12.5. The Balaban J connectivity index is 1.95. The van der Waals surface area contributed by atoms with Crippen LogP contribution in [0.3, 0.4) is 0 Å². The van der Waals surface area contributed by atoms with Gasteiger partial charge in [0.15, 0.2) is 0 Å². The minimum atomic E-state index is -0.512. The van der Waals surface area contributed by atoms with Gasteiger partial charge in [-0.3, -0.25) is 0 Å². The number of nitrogens with zero attached hydrogens (tertiary/aromatic N) is 2. The van der Waals surface area contributed by atoms with Gasteiger partial charge in [0, 0.05) is 22.0 Å². The Labute approximate surface area is 155 Å². The van der Waals surface area contributed by atoms with Crippen LogP contribution in [0.1, 0.15) is 45.2 Å². The fraction of sp³-hybridized carbons (Fsp3) is 0.444. The molecule has 3 rings (SSSR count). The predicted octanol–water partition coefficient (Wildman–Crippen LogP) is 5.72. The van der Waals surface area contributed by atoms with Gasteiger partial charge in [0.1, 0.15) is 10.8 Å². The van der Waals surface area contributed by atoms with Gasteiger partial charge in [-0.15, -0.1) is 0 Å². The number of benzene rings is 1. The van der Waals surface area contributed by atoms with E-state index in [2.05, 4.69) is 20.9 Å². The van der Waals surface area contributed by atoms with Gasteiger partial charge in [-0.25, -0.2) is 9.78 Å². The van der Waals surface area contributed by atoms with Crippen molar-refractivity contribution in [3.63, 3.8) is 0 Å². The van der Waals surface area contributed by atoms with Gasteiger partial charge in [-0.1, -0.05) is 33.6 Å². The fourth-order valence-electron chi connectivity index (χ4n) is 3.00. The lowest BCUT2D eigenvalue weighted by atomic mass is 10.0. The second-order valence-corrected chi connectivity index (χ2v) is 8.31. The summed E-state index contributed by atoms with van der Waals surface area (Å²) in [4.78, 5) is 18.8. The number of carbonyl (C=O) groups is 1. The first-order valence-corrected chi connectivity index (χ1v) is 9.17. The van der Waals surface area contributed by atoms with Crippen molar-refractivity contribution in [1.29, 1.82) is 0 Å². The van der Waals surface area contributed by atoms with Crippen molar-refractivity contribution in [2.45, 2.75) is 45.3 Å². The summed E-state index contributed by atoms with van der Waals surface area (Å²) in [5.41, 5.74) is 1.21. The molecule has 6 heteroatoms. The topological polar surface area (TPSA) is 42.4 Å². The Kier molecular flexibility index (Phi) is 4.76. The summed E-state index contributed by atoms with van der Waals surface area (Å²) >= 11 is 9.88. The first kappa shape index (κ1) is 17.5. The number of rotatable bonds is 1. The van der Waals surface area contributed by atoms with Crippen LogP contribution in [0.4, 0.5) is 4.79 Å². The summed E-state index contributed by atoms with van der Waals surface area (Å²) in [6, 6.07) is 7.85. The van der Waals surface area contributed by atoms with Crippen LogP contribution in [0.25, 0.3) is 10.9 Å². The van der Waals surface area contributed by atoms with Crippen LogP contribution in [0, 0.1) is 0 Å². The molecule has 0 aliphatic carbocycles. The van der Waals surface area contributed by atoms with Gasteiger partial charge in [-0.05, 0) is 51.8 Å². The van der Waals surface area contributed by atoms with E-state index in [9.17, 15) is 4.79 Å². The van der Waals surface area contributed by atoms with Gasteiger partial charge in [0.2, 0.25) is 0 Å². The summed E-state index contributed by atoms with van der Waals surface area (Å²) in [5, 5.41) is 1.45. The van der Waals surface area contributed by atoms with Crippen LogP contribution in [-0.2, 0) is 4.74 Å². The number of hydrogen-bond acceptors (Lipinski definition) is 3. The molecule has 128 valence electrons. The largest absolute Gasteiger partial charge is 0.444 e. The number of fused-ring (bicyclic) bond motifs is 1. The monoisotopic (exact) mass is 410 g/mol. The van der Waals surface area contributed by atoms with Crippen molar-refractivity contribution in [2.24, 2.45) is 0 Å². The molecule has 1 aliphatic rings. The molecule has 2 heterocycles. The molecule has 1 aromatic heterocycles. The molecule has 1 unspecified atom stereocenters. The Morgan fingerprint density at radius 1 is 1.38 bits per heavy atom. The molecule has 4 nitrogen and oxygen atoms in total. The van der Waals surface area contributed by atoms with Crippen LogP contribution in [0.5, 0.6) is 0 Å². The lowest BCUT2D eigenvalue weighted by molar-refractivity contribution is 0.0224. The summed E-state index contributed by atoms with van der Waals surface area (Å²) < 4.78 is 6.49. The van der Waals surface area contributed by atoms with E-state index in [1.54, 1.807) is 4.90 Å². The Bertz CT molecular complexity index is 788. The number of carbonyl (C=O) groups excluding carboxylic acids is 1. The molecule has 0 saturated carbocycles. The maximum Gasteiger partial charge on any atom is 0.410 e. The van der Waals surface area contributed by atoms with Gasteiger partial charge in [0.25, 0.3) is 0 Å². The van der Waals surface area contributed by atoms with E-state index < -0.39 is 5.60 Å². The van der Waals surface area contributed by atoms with E-state index in [-0.39, 0.29) is 12.1 Å². The molecule has 1 aliphatic heterocycles. The quantitative estimate of drug-likeness (QED) is 0.563. The van der Waals surface area contributed by atoms with E-state index in [1.165, 1.54) is 0 Å². The Hall–Kier alpha value is -1.33. The molecular weight excluding hydrogens is 392 g/mol. The summed E-state index contributed by atoms with van der Waals surface area (Å²) in [6.45, 7) is 6.30. The zero-order chi connectivity index (χ0) is 17.5. The summed E-state index contributed by atoms with van der Waals surface area (Å²) in [6.07, 6.45) is 1.50. The van der Waals surface area contributed by atoms with Crippen molar-refractivity contribution in [3.05, 3.63) is 39.5 Å². The normalized spacial score (nSPS) is 18.2. The van der Waals surface area contributed by atoms with Gasteiger partial charge in [0.05, 0.1) is 11.6 Å². The molecule has 0 N–H and O–H groups in total. The van der Waals surface area contributed by atoms with Gasteiger partial charge < -0.3 is 9.64 Å². The van der Waals surface area contributed by atoms with Crippen LogP contribution >= 0.6 is 27.5 Å². The van der Waals surface area contributed by atoms with E-state index in [4.69, 9.17) is 16.3 Å². The van der Waals surface area contributed by atoms with E-state index >= 15 is 0 Å². The van der Waals surface area contributed by atoms with Crippen molar-refractivity contribution in [3.8, 4) is 0 Å². The number of hydrogen-bond donors (Lipinski definition) is 0. The number of halogens is 2. The lowest BCUT2D eigenvalue weighted by Crippen LogP contribution is -2.36. The number of amides is 1. The second-order valence-electron chi connectivity index (χ2n) is 7.04.